The molecule has 1 unspecified atom stereocenters. The minimum absolute atomic E-state index is 0.0473. The molecule has 3 N–H and O–H groups in total. The average Bonchev–Trinajstić information content (AvgIpc) is 3.38. The molecule has 1 heterocycles. The molecule has 0 saturated heterocycles. The number of carbonyl (C=O) groups is 3. The van der Waals surface area contributed by atoms with Crippen LogP contribution in [0, 0.1) is 17.0 Å². The van der Waals surface area contributed by atoms with Crippen LogP contribution in [0.5, 0.6) is 0 Å². The molecular formula is C29H25N5O5S2. The number of hydrogen-bond acceptors (Lipinski definition) is 8. The van der Waals surface area contributed by atoms with Crippen LogP contribution in [0.15, 0.2) is 94.8 Å². The largest absolute Gasteiger partial charge is 0.321 e. The third-order valence-corrected chi connectivity index (χ3v) is 7.57. The maximum atomic E-state index is 13.2. The molecule has 3 aromatic carbocycles. The maximum Gasteiger partial charge on any atom is 0.272 e. The Hall–Kier alpha value is -4.81. The van der Waals surface area contributed by atoms with Crippen LogP contribution in [0.1, 0.15) is 28.5 Å². The van der Waals surface area contributed by atoms with Crippen LogP contribution < -0.4 is 16.0 Å². The summed E-state index contributed by atoms with van der Waals surface area (Å²) >= 11 is 2.72. The summed E-state index contributed by atoms with van der Waals surface area (Å²) < 4.78 is 0. The number of nitrogens with zero attached hydrogens (tertiary/aromatic N) is 2. The molecule has 0 fully saturated rings. The first-order chi connectivity index (χ1) is 19.7. The number of aryl methyl sites for hydroxylation is 1. The minimum Gasteiger partial charge on any atom is -0.321 e. The highest BCUT2D eigenvalue weighted by molar-refractivity contribution is 8.00. The average molecular weight is 588 g/mol. The molecule has 0 bridgehead atoms. The fraction of sp³-hybridized carbons (Fsp3) is 0.103. The van der Waals surface area contributed by atoms with E-state index < -0.39 is 16.7 Å². The molecule has 0 aliphatic heterocycles. The Balaban J connectivity index is 1.45. The van der Waals surface area contributed by atoms with Gasteiger partial charge < -0.3 is 16.0 Å². The van der Waals surface area contributed by atoms with Crippen LogP contribution >= 0.6 is 23.1 Å². The Morgan fingerprint density at radius 3 is 2.27 bits per heavy atom. The minimum atomic E-state index is -0.584. The fourth-order valence-corrected chi connectivity index (χ4v) is 5.05. The number of non-ortho nitro benzene ring substituents is 1. The number of anilines is 2. The van der Waals surface area contributed by atoms with E-state index in [1.807, 2.05) is 12.3 Å². The van der Waals surface area contributed by atoms with Gasteiger partial charge in [-0.3, -0.25) is 24.5 Å². The molecule has 1 aromatic heterocycles. The van der Waals surface area contributed by atoms with Gasteiger partial charge in [-0.25, -0.2) is 4.98 Å². The topological polar surface area (TPSA) is 143 Å². The van der Waals surface area contributed by atoms with Gasteiger partial charge in [0, 0.05) is 33.7 Å². The Morgan fingerprint density at radius 2 is 1.66 bits per heavy atom. The number of nitro groups is 1. The van der Waals surface area contributed by atoms with Gasteiger partial charge in [-0.15, -0.1) is 23.1 Å². The molecule has 208 valence electrons. The third-order valence-electron chi connectivity index (χ3n) is 5.59. The van der Waals surface area contributed by atoms with Crippen molar-refractivity contribution in [1.29, 1.82) is 0 Å². The van der Waals surface area contributed by atoms with Gasteiger partial charge in [-0.2, -0.15) is 0 Å². The van der Waals surface area contributed by atoms with Gasteiger partial charge in [0.15, 0.2) is 5.13 Å². The smallest absolute Gasteiger partial charge is 0.272 e. The Labute approximate surface area is 244 Å². The molecule has 10 nitrogen and oxygen atoms in total. The SMILES string of the molecule is Cc1csc(NC(=O)C(C)Sc2ccc(NC(=O)/C(=C/c3ccc([N+](=O)[O-])cc3)NC(=O)c3ccccc3)cc2)n1. The molecule has 4 rings (SSSR count). The van der Waals surface area contributed by atoms with E-state index in [1.54, 1.807) is 61.5 Å². The van der Waals surface area contributed by atoms with Crippen molar-refractivity contribution in [3.05, 3.63) is 117 Å². The van der Waals surface area contributed by atoms with Crippen molar-refractivity contribution in [2.75, 3.05) is 10.6 Å². The molecule has 0 radical (unpaired) electrons. The van der Waals surface area contributed by atoms with Gasteiger partial charge in [0.2, 0.25) is 5.91 Å². The van der Waals surface area contributed by atoms with E-state index in [1.165, 1.54) is 53.4 Å². The van der Waals surface area contributed by atoms with E-state index in [2.05, 4.69) is 20.9 Å². The quantitative estimate of drug-likeness (QED) is 0.0909. The highest BCUT2D eigenvalue weighted by atomic mass is 32.2. The number of thiazole rings is 1. The summed E-state index contributed by atoms with van der Waals surface area (Å²) in [7, 11) is 0. The number of thioether (sulfide) groups is 1. The van der Waals surface area contributed by atoms with Crippen molar-refractivity contribution in [2.24, 2.45) is 0 Å². The molecule has 4 aromatic rings. The summed E-state index contributed by atoms with van der Waals surface area (Å²) in [6.07, 6.45) is 1.44. The summed E-state index contributed by atoms with van der Waals surface area (Å²) in [6.45, 7) is 3.65. The van der Waals surface area contributed by atoms with Crippen LogP contribution in [0.2, 0.25) is 0 Å². The summed E-state index contributed by atoms with van der Waals surface area (Å²) in [5.74, 6) is -1.24. The summed E-state index contributed by atoms with van der Waals surface area (Å²) in [5.41, 5.74) is 2.02. The summed E-state index contributed by atoms with van der Waals surface area (Å²) in [6, 6.07) is 21.0. The summed E-state index contributed by atoms with van der Waals surface area (Å²) in [4.78, 5) is 54.1. The number of nitrogens with one attached hydrogen (secondary N) is 3. The zero-order valence-corrected chi connectivity index (χ0v) is 23.6. The van der Waals surface area contributed by atoms with Crippen molar-refractivity contribution >= 4 is 63.4 Å². The Morgan fingerprint density at radius 1 is 0.976 bits per heavy atom. The lowest BCUT2D eigenvalue weighted by Gasteiger charge is -2.13. The lowest BCUT2D eigenvalue weighted by Crippen LogP contribution is -2.30. The van der Waals surface area contributed by atoms with Crippen LogP contribution in [-0.2, 0) is 9.59 Å². The Bertz CT molecular complexity index is 1590. The maximum absolute atomic E-state index is 13.2. The van der Waals surface area contributed by atoms with E-state index in [9.17, 15) is 24.5 Å². The third kappa shape index (κ3) is 8.34. The highest BCUT2D eigenvalue weighted by Crippen LogP contribution is 2.26. The molecule has 0 aliphatic carbocycles. The van der Waals surface area contributed by atoms with Gasteiger partial charge in [0.05, 0.1) is 15.9 Å². The first kappa shape index (κ1) is 29.2. The van der Waals surface area contributed by atoms with Crippen molar-refractivity contribution in [3.63, 3.8) is 0 Å². The molecular weight excluding hydrogens is 562 g/mol. The second-order valence-corrected chi connectivity index (χ2v) is 11.0. The predicted molar refractivity (Wildman–Crippen MR) is 161 cm³/mol. The molecule has 3 amide bonds. The molecule has 12 heteroatoms. The molecule has 1 atom stereocenters. The predicted octanol–water partition coefficient (Wildman–Crippen LogP) is 5.89. The van der Waals surface area contributed by atoms with Gasteiger partial charge in [0.25, 0.3) is 17.5 Å². The van der Waals surface area contributed by atoms with E-state index >= 15 is 0 Å². The van der Waals surface area contributed by atoms with Crippen molar-refractivity contribution in [1.82, 2.24) is 10.3 Å². The van der Waals surface area contributed by atoms with Crippen LogP contribution in [0.4, 0.5) is 16.5 Å². The zero-order chi connectivity index (χ0) is 29.4. The first-order valence-corrected chi connectivity index (χ1v) is 14.1. The van der Waals surface area contributed by atoms with Crippen LogP contribution in [0.25, 0.3) is 6.08 Å². The molecule has 0 aliphatic rings. The number of rotatable bonds is 10. The van der Waals surface area contributed by atoms with Gasteiger partial charge in [-0.05, 0) is 74.0 Å². The highest BCUT2D eigenvalue weighted by Gasteiger charge is 2.18. The van der Waals surface area contributed by atoms with Crippen molar-refractivity contribution in [2.45, 2.75) is 24.0 Å². The van der Waals surface area contributed by atoms with E-state index in [0.29, 0.717) is 21.9 Å². The van der Waals surface area contributed by atoms with E-state index in [4.69, 9.17) is 0 Å². The van der Waals surface area contributed by atoms with Crippen molar-refractivity contribution in [3.8, 4) is 0 Å². The second-order valence-electron chi connectivity index (χ2n) is 8.75. The second kappa shape index (κ2) is 13.5. The van der Waals surface area contributed by atoms with Crippen molar-refractivity contribution < 1.29 is 19.3 Å². The number of amides is 3. The van der Waals surface area contributed by atoms with Gasteiger partial charge in [-0.1, -0.05) is 18.2 Å². The van der Waals surface area contributed by atoms with E-state index in [-0.39, 0.29) is 22.5 Å². The molecule has 0 saturated carbocycles. The Kier molecular flexibility index (Phi) is 9.61. The number of carbonyl (C=O) groups excluding carboxylic acids is 3. The number of benzene rings is 3. The zero-order valence-electron chi connectivity index (χ0n) is 22.0. The van der Waals surface area contributed by atoms with Gasteiger partial charge >= 0.3 is 0 Å². The number of nitro benzene ring substituents is 1. The molecule has 0 spiro atoms. The van der Waals surface area contributed by atoms with Crippen LogP contribution in [0.3, 0.4) is 0 Å². The lowest BCUT2D eigenvalue weighted by atomic mass is 10.1. The normalized spacial score (nSPS) is 11.8. The summed E-state index contributed by atoms with van der Waals surface area (Å²) in [5, 5.41) is 21.2. The lowest BCUT2D eigenvalue weighted by molar-refractivity contribution is -0.384. The monoisotopic (exact) mass is 587 g/mol. The molecule has 41 heavy (non-hydrogen) atoms. The van der Waals surface area contributed by atoms with Crippen LogP contribution in [-0.4, -0.2) is 32.9 Å². The van der Waals surface area contributed by atoms with E-state index in [0.717, 1.165) is 10.6 Å². The first-order valence-electron chi connectivity index (χ1n) is 12.3. The number of hydrogen-bond donors (Lipinski definition) is 3. The standard InChI is InChI=1S/C29H25N5O5S2/c1-18-17-40-29(30-18)33-26(35)19(2)41-24-14-10-22(11-15-24)31-28(37)25(32-27(36)21-6-4-3-5-7-21)16-20-8-12-23(13-9-20)34(38)39/h3-17,19H,1-2H3,(H,31,37)(H,32,36)(H,30,33,35)/b25-16-. The van der Waals surface area contributed by atoms with Gasteiger partial charge in [0.1, 0.15) is 5.70 Å². The fourth-order valence-electron chi connectivity index (χ4n) is 3.49. The number of aromatic nitrogens is 1.